The maximum atomic E-state index is 12.8. The van der Waals surface area contributed by atoms with Crippen LogP contribution in [0.3, 0.4) is 0 Å². The molecule has 0 aliphatic carbocycles. The molecule has 1 fully saturated rings. The molecule has 1 aliphatic rings. The van der Waals surface area contributed by atoms with Crippen molar-refractivity contribution in [3.05, 3.63) is 40.6 Å². The summed E-state index contributed by atoms with van der Waals surface area (Å²) in [4.78, 5) is 20.4. The summed E-state index contributed by atoms with van der Waals surface area (Å²) in [6.07, 6.45) is 1.76. The summed E-state index contributed by atoms with van der Waals surface area (Å²) in [7, 11) is -3.53. The molecule has 0 atom stereocenters. The SMILES string of the molecule is O=C(Nc1nnc2c(n1)[nH]c1ccc(S(=O)(=O)N3CCCC3)cc12)c1cccs1. The fraction of sp³-hybridized carbons (Fsp3) is 0.222. The fourth-order valence-corrected chi connectivity index (χ4v) is 5.58. The zero-order valence-corrected chi connectivity index (χ0v) is 16.8. The van der Waals surface area contributed by atoms with Crippen LogP contribution in [0.25, 0.3) is 22.1 Å². The quantitative estimate of drug-likeness (QED) is 0.515. The van der Waals surface area contributed by atoms with Crippen molar-refractivity contribution in [3.63, 3.8) is 0 Å². The number of fused-ring (bicyclic) bond motifs is 3. The summed E-state index contributed by atoms with van der Waals surface area (Å²) in [5.74, 6) is -0.233. The largest absolute Gasteiger partial charge is 0.338 e. The molecule has 3 aromatic heterocycles. The Kier molecular flexibility index (Phi) is 4.30. The Morgan fingerprint density at radius 2 is 2.00 bits per heavy atom. The summed E-state index contributed by atoms with van der Waals surface area (Å²) >= 11 is 1.32. The van der Waals surface area contributed by atoms with E-state index < -0.39 is 10.0 Å². The number of nitrogens with one attached hydrogen (secondary N) is 2. The summed E-state index contributed by atoms with van der Waals surface area (Å²) in [5, 5.41) is 13.2. The lowest BCUT2D eigenvalue weighted by molar-refractivity contribution is 0.102. The molecule has 1 amide bonds. The second-order valence-electron chi connectivity index (χ2n) is 6.71. The van der Waals surface area contributed by atoms with Crippen LogP contribution in [0.2, 0.25) is 0 Å². The predicted octanol–water partition coefficient (Wildman–Crippen LogP) is 2.60. The zero-order valence-electron chi connectivity index (χ0n) is 15.1. The number of sulfonamides is 1. The van der Waals surface area contributed by atoms with Crippen LogP contribution in [0.1, 0.15) is 22.5 Å². The zero-order chi connectivity index (χ0) is 20.0. The number of hydrogen-bond acceptors (Lipinski definition) is 7. The standard InChI is InChI=1S/C18H16N6O3S2/c25-17(14-4-3-9-28-14)21-18-20-16-15(22-23-18)12-10-11(5-6-13(12)19-16)29(26,27)24-7-1-2-8-24/h3-6,9-10H,1-2,7-8H2,(H2,19,20,21,23,25). The summed E-state index contributed by atoms with van der Waals surface area (Å²) in [6.45, 7) is 1.09. The molecule has 5 rings (SSSR count). The maximum Gasteiger partial charge on any atom is 0.268 e. The molecule has 0 radical (unpaired) electrons. The van der Waals surface area contributed by atoms with E-state index in [2.05, 4.69) is 25.5 Å². The lowest BCUT2D eigenvalue weighted by atomic mass is 10.2. The van der Waals surface area contributed by atoms with E-state index in [9.17, 15) is 13.2 Å². The third-order valence-electron chi connectivity index (χ3n) is 4.86. The highest BCUT2D eigenvalue weighted by Gasteiger charge is 2.27. The lowest BCUT2D eigenvalue weighted by Crippen LogP contribution is -2.27. The third-order valence-corrected chi connectivity index (χ3v) is 7.62. The molecule has 1 aromatic carbocycles. The van der Waals surface area contributed by atoms with Gasteiger partial charge in [0.25, 0.3) is 11.9 Å². The molecular formula is C18H16N6O3S2. The van der Waals surface area contributed by atoms with Gasteiger partial charge in [0.15, 0.2) is 5.65 Å². The molecule has 29 heavy (non-hydrogen) atoms. The highest BCUT2D eigenvalue weighted by atomic mass is 32.2. The van der Waals surface area contributed by atoms with Gasteiger partial charge in [-0.15, -0.1) is 21.5 Å². The molecule has 1 aliphatic heterocycles. The monoisotopic (exact) mass is 428 g/mol. The van der Waals surface area contributed by atoms with Gasteiger partial charge in [0.2, 0.25) is 10.0 Å². The number of aromatic nitrogens is 4. The minimum Gasteiger partial charge on any atom is -0.338 e. The number of anilines is 1. The molecule has 4 aromatic rings. The van der Waals surface area contributed by atoms with Gasteiger partial charge < -0.3 is 4.98 Å². The number of rotatable bonds is 4. The van der Waals surface area contributed by atoms with Gasteiger partial charge in [0.1, 0.15) is 5.52 Å². The van der Waals surface area contributed by atoms with Crippen LogP contribution in [-0.4, -0.2) is 51.9 Å². The van der Waals surface area contributed by atoms with Crippen molar-refractivity contribution in [2.45, 2.75) is 17.7 Å². The Bertz CT molecular complexity index is 1320. The molecule has 0 bridgehead atoms. The Balaban J connectivity index is 1.51. The van der Waals surface area contributed by atoms with E-state index in [4.69, 9.17) is 0 Å². The Hall–Kier alpha value is -2.89. The smallest absolute Gasteiger partial charge is 0.268 e. The van der Waals surface area contributed by atoms with Gasteiger partial charge in [0, 0.05) is 24.0 Å². The first-order valence-corrected chi connectivity index (χ1v) is 11.4. The molecule has 2 N–H and O–H groups in total. The van der Waals surface area contributed by atoms with Crippen molar-refractivity contribution in [2.24, 2.45) is 0 Å². The number of nitrogens with zero attached hydrogens (tertiary/aromatic N) is 4. The number of thiophene rings is 1. The van der Waals surface area contributed by atoms with Gasteiger partial charge >= 0.3 is 0 Å². The average Bonchev–Trinajstić information content (AvgIpc) is 3.47. The molecule has 9 nitrogen and oxygen atoms in total. The van der Waals surface area contributed by atoms with Crippen LogP contribution < -0.4 is 5.32 Å². The van der Waals surface area contributed by atoms with Gasteiger partial charge in [-0.05, 0) is 42.5 Å². The Labute approximate surface area is 169 Å². The summed E-state index contributed by atoms with van der Waals surface area (Å²) < 4.78 is 27.2. The number of carbonyl (C=O) groups excluding carboxylic acids is 1. The minimum atomic E-state index is -3.53. The van der Waals surface area contributed by atoms with Crippen LogP contribution in [0.15, 0.2) is 40.6 Å². The highest BCUT2D eigenvalue weighted by molar-refractivity contribution is 7.89. The molecule has 0 unspecified atom stereocenters. The highest BCUT2D eigenvalue weighted by Crippen LogP contribution is 2.28. The van der Waals surface area contributed by atoms with E-state index in [1.807, 2.05) is 5.38 Å². The van der Waals surface area contributed by atoms with E-state index in [-0.39, 0.29) is 16.8 Å². The second-order valence-corrected chi connectivity index (χ2v) is 9.59. The van der Waals surface area contributed by atoms with Gasteiger partial charge in [-0.25, -0.2) is 8.42 Å². The first-order chi connectivity index (χ1) is 14.0. The molecule has 11 heteroatoms. The van der Waals surface area contributed by atoms with Crippen molar-refractivity contribution in [1.29, 1.82) is 0 Å². The van der Waals surface area contributed by atoms with Crippen molar-refractivity contribution in [3.8, 4) is 0 Å². The number of aromatic amines is 1. The van der Waals surface area contributed by atoms with Gasteiger partial charge in [-0.2, -0.15) is 9.29 Å². The summed E-state index contributed by atoms with van der Waals surface area (Å²) in [5.41, 5.74) is 1.57. The van der Waals surface area contributed by atoms with Crippen LogP contribution >= 0.6 is 11.3 Å². The van der Waals surface area contributed by atoms with E-state index >= 15 is 0 Å². The Morgan fingerprint density at radius 1 is 1.17 bits per heavy atom. The number of H-pyrrole nitrogens is 1. The van der Waals surface area contributed by atoms with Crippen molar-refractivity contribution in [1.82, 2.24) is 24.5 Å². The second kappa shape index (κ2) is 6.87. The number of benzene rings is 1. The summed E-state index contributed by atoms with van der Waals surface area (Å²) in [6, 6.07) is 8.37. The average molecular weight is 428 g/mol. The van der Waals surface area contributed by atoms with Gasteiger partial charge in [-0.1, -0.05) is 6.07 Å². The van der Waals surface area contributed by atoms with Crippen molar-refractivity contribution in [2.75, 3.05) is 18.4 Å². The predicted molar refractivity (Wildman–Crippen MR) is 109 cm³/mol. The lowest BCUT2D eigenvalue weighted by Gasteiger charge is -2.15. The van der Waals surface area contributed by atoms with Gasteiger partial charge in [-0.3, -0.25) is 10.1 Å². The number of carbonyl (C=O) groups is 1. The van der Waals surface area contributed by atoms with Crippen molar-refractivity contribution >= 4 is 55.3 Å². The maximum absolute atomic E-state index is 12.8. The van der Waals surface area contributed by atoms with Crippen molar-refractivity contribution < 1.29 is 13.2 Å². The van der Waals surface area contributed by atoms with E-state index in [1.165, 1.54) is 15.6 Å². The van der Waals surface area contributed by atoms with Crippen LogP contribution in [0, 0.1) is 0 Å². The van der Waals surface area contributed by atoms with E-state index in [0.717, 1.165) is 12.8 Å². The topological polar surface area (TPSA) is 121 Å². The first kappa shape index (κ1) is 18.2. The normalized spacial score (nSPS) is 15.3. The van der Waals surface area contributed by atoms with Crippen LogP contribution in [0.4, 0.5) is 5.95 Å². The molecular weight excluding hydrogens is 412 g/mol. The number of amides is 1. The first-order valence-electron chi connectivity index (χ1n) is 9.03. The van der Waals surface area contributed by atoms with Gasteiger partial charge in [0.05, 0.1) is 9.77 Å². The molecule has 4 heterocycles. The van der Waals surface area contributed by atoms with Crippen LogP contribution in [-0.2, 0) is 10.0 Å². The van der Waals surface area contributed by atoms with Crippen LogP contribution in [0.5, 0.6) is 0 Å². The molecule has 148 valence electrons. The third kappa shape index (κ3) is 3.16. The number of hydrogen-bond donors (Lipinski definition) is 2. The Morgan fingerprint density at radius 3 is 2.76 bits per heavy atom. The van der Waals surface area contributed by atoms with E-state index in [0.29, 0.717) is 40.0 Å². The molecule has 0 saturated carbocycles. The fourth-order valence-electron chi connectivity index (χ4n) is 3.41. The van der Waals surface area contributed by atoms with E-state index in [1.54, 1.807) is 30.3 Å². The molecule has 0 spiro atoms. The molecule has 1 saturated heterocycles. The minimum absolute atomic E-state index is 0.0763.